The Balaban J connectivity index is 0.000000375. The SMILES string of the molecule is CN1CCC[C@@H]1C(=O)N[C@@H](Cc1ccccc1F)C(=O)NCc1ccc(N)nc1.CN1CCC[C@@H]1C(=O)O. The number of pyridine rings is 1. The minimum Gasteiger partial charge on any atom is -0.480 e. The molecule has 2 saturated heterocycles. The molecule has 2 aromatic rings. The van der Waals surface area contributed by atoms with Crippen molar-refractivity contribution in [2.24, 2.45) is 0 Å². The summed E-state index contributed by atoms with van der Waals surface area (Å²) in [6, 6.07) is 8.31. The zero-order valence-corrected chi connectivity index (χ0v) is 21.9. The topological polar surface area (TPSA) is 141 Å². The number of benzene rings is 1. The molecule has 2 amide bonds. The van der Waals surface area contributed by atoms with Crippen molar-refractivity contribution in [3.05, 3.63) is 59.5 Å². The maximum atomic E-state index is 14.1. The van der Waals surface area contributed by atoms with E-state index < -0.39 is 17.8 Å². The highest BCUT2D eigenvalue weighted by molar-refractivity contribution is 5.90. The van der Waals surface area contributed by atoms with E-state index in [1.165, 1.54) is 6.07 Å². The number of nitrogens with zero attached hydrogens (tertiary/aromatic N) is 3. The molecule has 10 nitrogen and oxygen atoms in total. The summed E-state index contributed by atoms with van der Waals surface area (Å²) in [5.74, 6) is -1.28. The summed E-state index contributed by atoms with van der Waals surface area (Å²) in [7, 11) is 3.74. The predicted molar refractivity (Wildman–Crippen MR) is 141 cm³/mol. The van der Waals surface area contributed by atoms with E-state index in [4.69, 9.17) is 10.8 Å². The van der Waals surface area contributed by atoms with E-state index in [1.807, 2.05) is 23.9 Å². The van der Waals surface area contributed by atoms with Gasteiger partial charge in [-0.15, -0.1) is 0 Å². The number of nitrogen functional groups attached to an aromatic ring is 1. The highest BCUT2D eigenvalue weighted by Gasteiger charge is 2.31. The Kier molecular flexibility index (Phi) is 10.5. The van der Waals surface area contributed by atoms with Crippen molar-refractivity contribution in [1.29, 1.82) is 0 Å². The molecule has 206 valence electrons. The largest absolute Gasteiger partial charge is 0.480 e. The summed E-state index contributed by atoms with van der Waals surface area (Å²) in [6.07, 6.45) is 5.16. The molecule has 2 aliphatic heterocycles. The number of aliphatic carboxylic acids is 1. The number of amides is 2. The Morgan fingerprint density at radius 3 is 2.26 bits per heavy atom. The summed E-state index contributed by atoms with van der Waals surface area (Å²) >= 11 is 0. The van der Waals surface area contributed by atoms with Gasteiger partial charge in [-0.1, -0.05) is 24.3 Å². The van der Waals surface area contributed by atoms with Gasteiger partial charge >= 0.3 is 5.97 Å². The number of hydrogen-bond acceptors (Lipinski definition) is 7. The van der Waals surface area contributed by atoms with Crippen molar-refractivity contribution in [2.45, 2.75) is 56.8 Å². The number of halogens is 1. The number of aromatic nitrogens is 1. The van der Waals surface area contributed by atoms with Crippen LogP contribution in [-0.4, -0.2) is 83.0 Å². The first-order chi connectivity index (χ1) is 18.2. The van der Waals surface area contributed by atoms with Gasteiger partial charge in [0, 0.05) is 19.2 Å². The molecule has 2 fully saturated rings. The second-order valence-electron chi connectivity index (χ2n) is 9.78. The normalized spacial score (nSPS) is 20.3. The molecule has 11 heteroatoms. The van der Waals surface area contributed by atoms with E-state index in [-0.39, 0.29) is 36.9 Å². The molecule has 0 bridgehead atoms. The van der Waals surface area contributed by atoms with E-state index in [2.05, 4.69) is 15.6 Å². The number of hydrogen-bond donors (Lipinski definition) is 4. The molecule has 0 saturated carbocycles. The summed E-state index contributed by atoms with van der Waals surface area (Å²) in [5.41, 5.74) is 6.72. The lowest BCUT2D eigenvalue weighted by atomic mass is 10.0. The fourth-order valence-electron chi connectivity index (χ4n) is 4.68. The molecule has 3 atom stereocenters. The van der Waals surface area contributed by atoms with Crippen LogP contribution in [0, 0.1) is 5.82 Å². The number of carboxylic acid groups (broad SMARTS) is 1. The van der Waals surface area contributed by atoms with Crippen molar-refractivity contribution in [3.8, 4) is 0 Å². The summed E-state index contributed by atoms with van der Waals surface area (Å²) in [6.45, 7) is 2.00. The summed E-state index contributed by atoms with van der Waals surface area (Å²) < 4.78 is 14.1. The number of likely N-dealkylation sites (tertiary alicyclic amines) is 2. The Labute approximate surface area is 222 Å². The number of nitrogens with two attached hydrogens (primary N) is 1. The van der Waals surface area contributed by atoms with Crippen LogP contribution in [0.25, 0.3) is 0 Å². The first-order valence-corrected chi connectivity index (χ1v) is 12.8. The number of anilines is 1. The second kappa shape index (κ2) is 13.8. The number of nitrogens with one attached hydrogen (secondary N) is 2. The Bertz CT molecular complexity index is 1100. The van der Waals surface area contributed by atoms with Gasteiger partial charge in [0.2, 0.25) is 11.8 Å². The predicted octanol–water partition coefficient (Wildman–Crippen LogP) is 1.41. The molecular weight excluding hydrogens is 491 g/mol. The van der Waals surface area contributed by atoms with E-state index in [9.17, 15) is 18.8 Å². The van der Waals surface area contributed by atoms with Gasteiger partial charge in [0.15, 0.2) is 0 Å². The van der Waals surface area contributed by atoms with Gasteiger partial charge in [0.25, 0.3) is 0 Å². The molecule has 1 aromatic heterocycles. The fraction of sp³-hybridized carbons (Fsp3) is 0.481. The molecule has 2 aliphatic rings. The quantitative estimate of drug-likeness (QED) is 0.403. The van der Waals surface area contributed by atoms with Crippen LogP contribution in [0.15, 0.2) is 42.6 Å². The lowest BCUT2D eigenvalue weighted by Gasteiger charge is -2.24. The van der Waals surface area contributed by atoms with Crippen LogP contribution < -0.4 is 16.4 Å². The van der Waals surface area contributed by atoms with Gasteiger partial charge in [-0.2, -0.15) is 0 Å². The molecule has 0 unspecified atom stereocenters. The summed E-state index contributed by atoms with van der Waals surface area (Å²) in [5, 5.41) is 14.2. The third kappa shape index (κ3) is 8.22. The van der Waals surface area contributed by atoms with Crippen LogP contribution in [0.1, 0.15) is 36.8 Å². The van der Waals surface area contributed by atoms with E-state index in [0.717, 1.165) is 44.3 Å². The number of carbonyl (C=O) groups is 3. The average Bonchev–Trinajstić information content (AvgIpc) is 3.52. The van der Waals surface area contributed by atoms with Crippen LogP contribution in [0.4, 0.5) is 10.2 Å². The lowest BCUT2D eigenvalue weighted by Crippen LogP contribution is -2.52. The van der Waals surface area contributed by atoms with Gasteiger partial charge in [0.1, 0.15) is 23.7 Å². The molecule has 1 aromatic carbocycles. The van der Waals surface area contributed by atoms with E-state index in [1.54, 1.807) is 36.5 Å². The van der Waals surface area contributed by atoms with Gasteiger partial charge < -0.3 is 21.5 Å². The van der Waals surface area contributed by atoms with Gasteiger partial charge in [-0.05, 0) is 76.1 Å². The number of carboxylic acids is 1. The van der Waals surface area contributed by atoms with E-state index >= 15 is 0 Å². The maximum Gasteiger partial charge on any atom is 0.320 e. The van der Waals surface area contributed by atoms with Crippen LogP contribution in [0.2, 0.25) is 0 Å². The van der Waals surface area contributed by atoms with Crippen LogP contribution in [0.5, 0.6) is 0 Å². The standard InChI is InChI=1S/C21H26FN5O2.C6H11NO2/c1-27-10-4-7-18(27)21(29)26-17(11-15-5-2-3-6-16(15)22)20(28)25-13-14-8-9-19(23)24-12-14;1-7-4-2-3-5(7)6(8)9/h2-3,5-6,8-9,12,17-18H,4,7,10-11,13H2,1H3,(H2,23,24)(H,25,28)(H,26,29);5H,2-4H2,1H3,(H,8,9)/t17-,18+;5-/m01/s1. The number of rotatable bonds is 8. The van der Waals surface area contributed by atoms with Crippen molar-refractivity contribution < 1.29 is 23.9 Å². The van der Waals surface area contributed by atoms with Gasteiger partial charge in [-0.25, -0.2) is 9.37 Å². The van der Waals surface area contributed by atoms with E-state index in [0.29, 0.717) is 11.4 Å². The average molecular weight is 529 g/mol. The smallest absolute Gasteiger partial charge is 0.320 e. The Morgan fingerprint density at radius 2 is 1.74 bits per heavy atom. The highest BCUT2D eigenvalue weighted by Crippen LogP contribution is 2.16. The minimum atomic E-state index is -0.879. The maximum absolute atomic E-state index is 14.1. The first kappa shape index (κ1) is 29.0. The van der Waals surface area contributed by atoms with Crippen LogP contribution >= 0.6 is 0 Å². The third-order valence-corrected chi connectivity index (χ3v) is 6.96. The number of carbonyl (C=O) groups excluding carboxylic acids is 2. The van der Waals surface area contributed by atoms with Crippen LogP contribution in [-0.2, 0) is 27.3 Å². The zero-order chi connectivity index (χ0) is 27.7. The molecule has 0 aliphatic carbocycles. The van der Waals surface area contributed by atoms with Gasteiger partial charge in [-0.3, -0.25) is 24.2 Å². The molecule has 4 rings (SSSR count). The molecule has 5 N–H and O–H groups in total. The monoisotopic (exact) mass is 528 g/mol. The van der Waals surface area contributed by atoms with Crippen molar-refractivity contribution in [3.63, 3.8) is 0 Å². The molecular formula is C27H37FN6O4. The molecule has 0 spiro atoms. The van der Waals surface area contributed by atoms with Gasteiger partial charge in [0.05, 0.1) is 6.04 Å². The fourth-order valence-corrected chi connectivity index (χ4v) is 4.68. The highest BCUT2D eigenvalue weighted by atomic mass is 19.1. The first-order valence-electron chi connectivity index (χ1n) is 12.8. The molecule has 0 radical (unpaired) electrons. The summed E-state index contributed by atoms with van der Waals surface area (Å²) in [4.78, 5) is 43.7. The van der Waals surface area contributed by atoms with Crippen molar-refractivity contribution >= 4 is 23.6 Å². The van der Waals surface area contributed by atoms with Crippen LogP contribution in [0.3, 0.4) is 0 Å². The Hall–Kier alpha value is -3.57. The molecule has 3 heterocycles. The second-order valence-corrected chi connectivity index (χ2v) is 9.78. The van der Waals surface area contributed by atoms with Crippen molar-refractivity contribution in [2.75, 3.05) is 32.9 Å². The Morgan fingerprint density at radius 1 is 1.08 bits per heavy atom. The third-order valence-electron chi connectivity index (χ3n) is 6.96. The minimum absolute atomic E-state index is 0.0701. The molecule has 38 heavy (non-hydrogen) atoms. The lowest BCUT2D eigenvalue weighted by molar-refractivity contribution is -0.141. The number of likely N-dealkylation sites (N-methyl/N-ethyl adjacent to an activating group) is 2. The van der Waals surface area contributed by atoms with Crippen molar-refractivity contribution in [1.82, 2.24) is 25.4 Å². The zero-order valence-electron chi connectivity index (χ0n) is 21.9.